The highest BCUT2D eigenvalue weighted by Gasteiger charge is 2.21. The average Bonchev–Trinajstić information content (AvgIpc) is 2.59. The van der Waals surface area contributed by atoms with Gasteiger partial charge in [0.25, 0.3) is 0 Å². The second-order valence-electron chi connectivity index (χ2n) is 5.90. The van der Waals surface area contributed by atoms with E-state index in [2.05, 4.69) is 4.98 Å². The fourth-order valence-electron chi connectivity index (χ4n) is 2.45. The van der Waals surface area contributed by atoms with Crippen molar-refractivity contribution in [2.24, 2.45) is 0 Å². The molecule has 2 aromatic rings. The summed E-state index contributed by atoms with van der Waals surface area (Å²) in [7, 11) is 1.46. The van der Waals surface area contributed by atoms with E-state index in [0.29, 0.717) is 17.7 Å². The zero-order valence-electron chi connectivity index (χ0n) is 14.9. The Morgan fingerprint density at radius 3 is 2.58 bits per heavy atom. The van der Waals surface area contributed by atoms with Gasteiger partial charge in [0, 0.05) is 11.8 Å². The Bertz CT molecular complexity index is 880. The van der Waals surface area contributed by atoms with Crippen molar-refractivity contribution in [1.29, 1.82) is 0 Å². The highest BCUT2D eigenvalue weighted by Crippen LogP contribution is 2.36. The van der Waals surface area contributed by atoms with Crippen LogP contribution in [0.3, 0.4) is 0 Å². The smallest absolute Gasteiger partial charge is 0.340 e. The highest BCUT2D eigenvalue weighted by atomic mass is 16.5. The number of aromatic carboxylic acids is 1. The number of ether oxygens (including phenoxy) is 1. The number of pyridine rings is 1. The summed E-state index contributed by atoms with van der Waals surface area (Å²) in [6.45, 7) is 3.83. The summed E-state index contributed by atoms with van der Waals surface area (Å²) in [5.41, 5.74) is 1.75. The molecule has 26 heavy (non-hydrogen) atoms. The zero-order chi connectivity index (χ0) is 19.3. The summed E-state index contributed by atoms with van der Waals surface area (Å²) in [6.07, 6.45) is 6.69. The third-order valence-electron chi connectivity index (χ3n) is 3.78. The van der Waals surface area contributed by atoms with Gasteiger partial charge in [0.2, 0.25) is 0 Å². The van der Waals surface area contributed by atoms with Crippen LogP contribution in [-0.4, -0.2) is 33.4 Å². The molecule has 136 valence electrons. The first-order valence-corrected chi connectivity index (χ1v) is 7.96. The Balaban J connectivity index is 2.59. The van der Waals surface area contributed by atoms with Crippen LogP contribution < -0.4 is 4.74 Å². The van der Waals surface area contributed by atoms with Crippen molar-refractivity contribution in [2.45, 2.75) is 20.3 Å². The third kappa shape index (κ3) is 4.22. The molecule has 0 amide bonds. The van der Waals surface area contributed by atoms with E-state index in [1.807, 2.05) is 19.9 Å². The molecule has 0 aliphatic carbocycles. The zero-order valence-corrected chi connectivity index (χ0v) is 14.9. The van der Waals surface area contributed by atoms with Gasteiger partial charge in [-0.25, -0.2) is 4.79 Å². The number of nitrogens with zero attached hydrogens (tertiary/aromatic N) is 1. The lowest BCUT2D eigenvalue weighted by molar-refractivity contribution is 0.0693. The Hall–Kier alpha value is -3.28. The van der Waals surface area contributed by atoms with Crippen LogP contribution >= 0.6 is 0 Å². The van der Waals surface area contributed by atoms with E-state index in [0.717, 1.165) is 5.57 Å². The number of hydrogen-bond donors (Lipinski definition) is 3. The lowest BCUT2D eigenvalue weighted by atomic mass is 9.97. The summed E-state index contributed by atoms with van der Waals surface area (Å²) in [6, 6.07) is 4.61. The molecule has 1 aromatic heterocycles. The van der Waals surface area contributed by atoms with E-state index in [9.17, 15) is 20.1 Å². The lowest BCUT2D eigenvalue weighted by Gasteiger charge is -2.14. The topological polar surface area (TPSA) is 99.9 Å². The summed E-state index contributed by atoms with van der Waals surface area (Å²) in [5.74, 6) is -1.24. The molecule has 1 aromatic carbocycles. The summed E-state index contributed by atoms with van der Waals surface area (Å²) in [5, 5.41) is 29.9. The number of aromatic nitrogens is 1. The predicted octanol–water partition coefficient (Wildman–Crippen LogP) is 3.88. The Morgan fingerprint density at radius 2 is 2.00 bits per heavy atom. The molecule has 0 fully saturated rings. The lowest BCUT2D eigenvalue weighted by Crippen LogP contribution is -2.04. The minimum absolute atomic E-state index is 0.0306. The van der Waals surface area contributed by atoms with Crippen LogP contribution in [0.15, 0.2) is 36.0 Å². The molecule has 0 unspecified atom stereocenters. The molecular weight excluding hydrogens is 334 g/mol. The van der Waals surface area contributed by atoms with Crippen LogP contribution in [0.4, 0.5) is 0 Å². The quantitative estimate of drug-likeness (QED) is 0.680. The van der Waals surface area contributed by atoms with Crippen molar-refractivity contribution in [3.8, 4) is 17.2 Å². The number of hydrogen-bond acceptors (Lipinski definition) is 5. The number of allylic oxidation sites excluding steroid dienone is 2. The van der Waals surface area contributed by atoms with Gasteiger partial charge >= 0.3 is 5.97 Å². The van der Waals surface area contributed by atoms with E-state index >= 15 is 0 Å². The van der Waals surface area contributed by atoms with Crippen LogP contribution in [-0.2, 0) is 6.42 Å². The standard InChI is InChI=1S/C20H21NO5/c1-12(2)6-8-14-17(26-3)11-13(18(19(14)23)20(24)25)7-9-15-16(22)5-4-10-21-15/h4-7,9-11,22-23H,8H2,1-3H3,(H,24,25)/b9-7+. The van der Waals surface area contributed by atoms with Crippen LogP contribution in [0, 0.1) is 0 Å². The summed E-state index contributed by atoms with van der Waals surface area (Å²) >= 11 is 0. The number of carboxylic acids is 1. The van der Waals surface area contributed by atoms with Crippen molar-refractivity contribution >= 4 is 18.1 Å². The summed E-state index contributed by atoms with van der Waals surface area (Å²) in [4.78, 5) is 15.7. The first-order chi connectivity index (χ1) is 12.3. The fourth-order valence-corrected chi connectivity index (χ4v) is 2.45. The first kappa shape index (κ1) is 19.1. The summed E-state index contributed by atoms with van der Waals surface area (Å²) < 4.78 is 5.33. The van der Waals surface area contributed by atoms with E-state index in [4.69, 9.17) is 4.74 Å². The first-order valence-electron chi connectivity index (χ1n) is 7.96. The van der Waals surface area contributed by atoms with E-state index in [-0.39, 0.29) is 28.3 Å². The predicted molar refractivity (Wildman–Crippen MR) is 99.6 cm³/mol. The van der Waals surface area contributed by atoms with Gasteiger partial charge in [0.15, 0.2) is 0 Å². The second kappa shape index (κ2) is 8.20. The maximum absolute atomic E-state index is 11.7. The van der Waals surface area contributed by atoms with Crippen LogP contribution in [0.5, 0.6) is 17.2 Å². The minimum Gasteiger partial charge on any atom is -0.507 e. The number of aromatic hydroxyl groups is 2. The van der Waals surface area contributed by atoms with Gasteiger partial charge in [0.05, 0.1) is 7.11 Å². The van der Waals surface area contributed by atoms with Gasteiger partial charge in [-0.1, -0.05) is 17.7 Å². The monoisotopic (exact) mass is 355 g/mol. The molecule has 2 rings (SSSR count). The van der Waals surface area contributed by atoms with Crippen LogP contribution in [0.25, 0.3) is 12.2 Å². The van der Waals surface area contributed by atoms with E-state index in [1.165, 1.54) is 31.5 Å². The average molecular weight is 355 g/mol. The molecule has 0 saturated heterocycles. The molecule has 0 atom stereocenters. The van der Waals surface area contributed by atoms with Crippen LogP contribution in [0.1, 0.15) is 41.0 Å². The third-order valence-corrected chi connectivity index (χ3v) is 3.78. The van der Waals surface area contributed by atoms with Crippen molar-refractivity contribution < 1.29 is 24.9 Å². The fraction of sp³-hybridized carbons (Fsp3) is 0.200. The number of rotatable bonds is 6. The van der Waals surface area contributed by atoms with Gasteiger partial charge in [0.1, 0.15) is 28.5 Å². The Morgan fingerprint density at radius 1 is 1.27 bits per heavy atom. The van der Waals surface area contributed by atoms with Crippen molar-refractivity contribution in [1.82, 2.24) is 4.98 Å². The Labute approximate surface area is 151 Å². The van der Waals surface area contributed by atoms with Crippen LogP contribution in [0.2, 0.25) is 0 Å². The molecule has 3 N–H and O–H groups in total. The molecule has 1 heterocycles. The normalized spacial score (nSPS) is 10.7. The molecule has 6 heteroatoms. The highest BCUT2D eigenvalue weighted by molar-refractivity contribution is 5.97. The maximum atomic E-state index is 11.7. The van der Waals surface area contributed by atoms with Gasteiger partial charge in [-0.2, -0.15) is 0 Å². The van der Waals surface area contributed by atoms with Gasteiger partial charge in [-0.05, 0) is 50.1 Å². The molecular formula is C20H21NO5. The molecule has 0 aliphatic heterocycles. The van der Waals surface area contributed by atoms with Crippen molar-refractivity contribution in [2.75, 3.05) is 7.11 Å². The molecule has 0 saturated carbocycles. The molecule has 0 spiro atoms. The van der Waals surface area contributed by atoms with Gasteiger partial charge < -0.3 is 20.1 Å². The van der Waals surface area contributed by atoms with E-state index < -0.39 is 5.97 Å². The maximum Gasteiger partial charge on any atom is 0.340 e. The number of phenols is 1. The molecule has 6 nitrogen and oxygen atoms in total. The SMILES string of the molecule is COc1cc(/C=C/c2ncccc2O)c(C(=O)O)c(O)c1CC=C(C)C. The van der Waals surface area contributed by atoms with Crippen molar-refractivity contribution in [3.05, 3.63) is 58.4 Å². The minimum atomic E-state index is -1.26. The van der Waals surface area contributed by atoms with Gasteiger partial charge in [-0.15, -0.1) is 0 Å². The number of benzene rings is 1. The molecule has 0 aliphatic rings. The number of methoxy groups -OCH3 is 1. The van der Waals surface area contributed by atoms with Crippen molar-refractivity contribution in [3.63, 3.8) is 0 Å². The second-order valence-corrected chi connectivity index (χ2v) is 5.90. The molecule has 0 radical (unpaired) electrons. The largest absolute Gasteiger partial charge is 0.507 e. The van der Waals surface area contributed by atoms with Gasteiger partial charge in [-0.3, -0.25) is 4.98 Å². The number of carbonyl (C=O) groups is 1. The Kier molecular flexibility index (Phi) is 6.01. The van der Waals surface area contributed by atoms with E-state index in [1.54, 1.807) is 12.1 Å². The molecule has 0 bridgehead atoms. The number of carboxylic acid groups (broad SMARTS) is 1.